The van der Waals surface area contributed by atoms with E-state index < -0.39 is 0 Å². The number of hydrogen-bond acceptors (Lipinski definition) is 7. The Hall–Kier alpha value is 0.0500. The van der Waals surface area contributed by atoms with E-state index in [1.54, 1.807) is 23.5 Å². The number of rotatable bonds is 3. The Balaban J connectivity index is 2.61. The fraction of sp³-hybridized carbons (Fsp3) is 0.929. The lowest BCUT2D eigenvalue weighted by molar-refractivity contribution is -0.147. The number of esters is 1. The van der Waals surface area contributed by atoms with Gasteiger partial charge in [-0.3, -0.25) is 9.69 Å². The molecule has 0 aliphatic carbocycles. The zero-order chi connectivity index (χ0) is 15.5. The molecule has 0 amide bonds. The van der Waals surface area contributed by atoms with Gasteiger partial charge in [0.05, 0.1) is 33.5 Å². The Morgan fingerprint density at radius 1 is 1.05 bits per heavy atom. The van der Waals surface area contributed by atoms with Crippen LogP contribution >= 0.6 is 23.5 Å². The second-order valence-electron chi connectivity index (χ2n) is 5.10. The zero-order valence-corrected chi connectivity index (χ0v) is 14.8. The first-order valence-electron chi connectivity index (χ1n) is 7.29. The average molecular weight is 338 g/mol. The van der Waals surface area contributed by atoms with Gasteiger partial charge in [0.15, 0.2) is 0 Å². The minimum atomic E-state index is -0.193. The predicted molar refractivity (Wildman–Crippen MR) is 88.8 cm³/mol. The number of thioether (sulfide) groups is 2. The summed E-state index contributed by atoms with van der Waals surface area (Å²) in [7, 11) is 1.46. The highest BCUT2D eigenvalue weighted by atomic mass is 32.2. The van der Waals surface area contributed by atoms with Crippen molar-refractivity contribution < 1.29 is 19.0 Å². The van der Waals surface area contributed by atoms with Crippen LogP contribution in [0, 0.1) is 5.92 Å². The highest BCUT2D eigenvalue weighted by Gasteiger charge is 2.29. The lowest BCUT2D eigenvalue weighted by Gasteiger charge is -2.31. The van der Waals surface area contributed by atoms with E-state index in [9.17, 15) is 4.79 Å². The van der Waals surface area contributed by atoms with Gasteiger partial charge >= 0.3 is 5.97 Å². The molecule has 1 rings (SSSR count). The van der Waals surface area contributed by atoms with Gasteiger partial charge in [-0.05, 0) is 5.92 Å². The third-order valence-corrected chi connectivity index (χ3v) is 5.04. The van der Waals surface area contributed by atoms with Crippen LogP contribution in [0.3, 0.4) is 0 Å². The molecule has 7 heteroatoms. The molecular formula is C14H27NO4S2. The molecule has 5 nitrogen and oxygen atoms in total. The first-order chi connectivity index (χ1) is 10.2. The minimum Gasteiger partial charge on any atom is -0.468 e. The molecule has 0 aromatic heterocycles. The van der Waals surface area contributed by atoms with Crippen LogP contribution in [0.15, 0.2) is 0 Å². The summed E-state index contributed by atoms with van der Waals surface area (Å²) in [5, 5.41) is 0. The molecule has 0 N–H and O–H groups in total. The lowest BCUT2D eigenvalue weighted by atomic mass is 10.0. The second kappa shape index (κ2) is 11.6. The molecule has 1 saturated heterocycles. The van der Waals surface area contributed by atoms with Crippen LogP contribution in [-0.4, -0.2) is 73.7 Å². The molecule has 1 unspecified atom stereocenters. The number of methoxy groups -OCH3 is 1. The number of hydrogen-bond donors (Lipinski definition) is 0. The second-order valence-corrected chi connectivity index (χ2v) is 7.25. The molecule has 1 aliphatic rings. The first kappa shape index (κ1) is 19.1. The van der Waals surface area contributed by atoms with Crippen molar-refractivity contribution in [2.75, 3.05) is 56.8 Å². The van der Waals surface area contributed by atoms with Crippen LogP contribution in [0.2, 0.25) is 0 Å². The molecule has 1 aliphatic heterocycles. The number of carbonyl (C=O) groups excluding carboxylic acids is 1. The summed E-state index contributed by atoms with van der Waals surface area (Å²) in [6, 6.07) is -0.193. The van der Waals surface area contributed by atoms with Gasteiger partial charge < -0.3 is 14.2 Å². The predicted octanol–water partition coefficient (Wildman–Crippen LogP) is 1.91. The molecule has 1 fully saturated rings. The van der Waals surface area contributed by atoms with Gasteiger partial charge in [0.25, 0.3) is 0 Å². The Morgan fingerprint density at radius 3 is 2.00 bits per heavy atom. The molecule has 0 bridgehead atoms. The summed E-state index contributed by atoms with van der Waals surface area (Å²) in [6.07, 6.45) is 0. The highest BCUT2D eigenvalue weighted by Crippen LogP contribution is 2.19. The van der Waals surface area contributed by atoms with Crippen molar-refractivity contribution in [3.63, 3.8) is 0 Å². The van der Waals surface area contributed by atoms with Crippen molar-refractivity contribution in [3.8, 4) is 0 Å². The fourth-order valence-electron chi connectivity index (χ4n) is 2.08. The highest BCUT2D eigenvalue weighted by molar-refractivity contribution is 8.00. The Morgan fingerprint density at radius 2 is 1.57 bits per heavy atom. The van der Waals surface area contributed by atoms with E-state index in [4.69, 9.17) is 14.2 Å². The van der Waals surface area contributed by atoms with E-state index >= 15 is 0 Å². The van der Waals surface area contributed by atoms with Crippen LogP contribution in [0.5, 0.6) is 0 Å². The molecule has 1 atom stereocenters. The van der Waals surface area contributed by atoms with Crippen LogP contribution in [0.1, 0.15) is 13.8 Å². The Bertz CT molecular complexity index is 278. The maximum absolute atomic E-state index is 12.1. The number of carbonyl (C=O) groups is 1. The van der Waals surface area contributed by atoms with Gasteiger partial charge in [0, 0.05) is 23.3 Å². The number of ether oxygens (including phenoxy) is 3. The van der Waals surface area contributed by atoms with Crippen molar-refractivity contribution in [1.82, 2.24) is 4.90 Å². The normalized spacial score (nSPS) is 21.9. The molecule has 0 spiro atoms. The zero-order valence-electron chi connectivity index (χ0n) is 13.2. The smallest absolute Gasteiger partial charge is 0.323 e. The van der Waals surface area contributed by atoms with E-state index in [2.05, 4.69) is 18.7 Å². The van der Waals surface area contributed by atoms with Gasteiger partial charge in [-0.15, -0.1) is 23.5 Å². The van der Waals surface area contributed by atoms with E-state index in [1.165, 1.54) is 7.11 Å². The van der Waals surface area contributed by atoms with Crippen molar-refractivity contribution in [3.05, 3.63) is 0 Å². The molecule has 0 saturated carbocycles. The summed E-state index contributed by atoms with van der Waals surface area (Å²) in [4.78, 5) is 14.2. The van der Waals surface area contributed by atoms with Gasteiger partial charge in [-0.1, -0.05) is 13.8 Å². The van der Waals surface area contributed by atoms with Crippen LogP contribution in [0.25, 0.3) is 0 Å². The van der Waals surface area contributed by atoms with Crippen LogP contribution in [0.4, 0.5) is 0 Å². The number of nitrogens with zero attached hydrogens (tertiary/aromatic N) is 1. The van der Waals surface area contributed by atoms with Crippen molar-refractivity contribution in [2.45, 2.75) is 19.9 Å². The third-order valence-electron chi connectivity index (χ3n) is 3.10. The molecule has 0 aromatic carbocycles. The summed E-state index contributed by atoms with van der Waals surface area (Å²) in [6.45, 7) is 6.88. The van der Waals surface area contributed by atoms with E-state index in [0.717, 1.165) is 36.5 Å². The summed E-state index contributed by atoms with van der Waals surface area (Å²) >= 11 is 3.59. The van der Waals surface area contributed by atoms with Gasteiger partial charge in [-0.2, -0.15) is 0 Å². The summed E-state index contributed by atoms with van der Waals surface area (Å²) < 4.78 is 16.0. The molecule has 124 valence electrons. The van der Waals surface area contributed by atoms with Crippen LogP contribution in [-0.2, 0) is 19.0 Å². The molecule has 1 heterocycles. The van der Waals surface area contributed by atoms with E-state index in [1.807, 2.05) is 0 Å². The Labute approximate surface area is 136 Å². The SMILES string of the molecule is COC(=O)C(C(C)C)N1CSCCOCCOCCSC1. The maximum Gasteiger partial charge on any atom is 0.323 e. The fourth-order valence-corrected chi connectivity index (χ4v) is 3.90. The van der Waals surface area contributed by atoms with Gasteiger partial charge in [0.1, 0.15) is 6.04 Å². The van der Waals surface area contributed by atoms with Crippen molar-refractivity contribution >= 4 is 29.5 Å². The maximum atomic E-state index is 12.1. The van der Waals surface area contributed by atoms with Gasteiger partial charge in [-0.25, -0.2) is 0 Å². The minimum absolute atomic E-state index is 0.150. The molecule has 21 heavy (non-hydrogen) atoms. The summed E-state index contributed by atoms with van der Waals surface area (Å²) in [5.41, 5.74) is 0. The van der Waals surface area contributed by atoms with Crippen LogP contribution < -0.4 is 0 Å². The van der Waals surface area contributed by atoms with E-state index in [-0.39, 0.29) is 17.9 Å². The quantitative estimate of drug-likeness (QED) is 0.729. The molecule has 0 radical (unpaired) electrons. The molecular weight excluding hydrogens is 310 g/mol. The van der Waals surface area contributed by atoms with Crippen molar-refractivity contribution in [2.24, 2.45) is 5.92 Å². The molecule has 0 aromatic rings. The van der Waals surface area contributed by atoms with Crippen molar-refractivity contribution in [1.29, 1.82) is 0 Å². The van der Waals surface area contributed by atoms with E-state index in [0.29, 0.717) is 13.2 Å². The summed E-state index contributed by atoms with van der Waals surface area (Å²) in [5.74, 6) is 3.55. The third kappa shape index (κ3) is 7.74. The Kier molecular flexibility index (Phi) is 10.5. The topological polar surface area (TPSA) is 48.0 Å². The standard InChI is InChI=1S/C14H27NO4S2/c1-12(2)13(14(16)17-3)15-10-20-8-6-18-4-5-19-7-9-21-11-15/h12-13H,4-11H2,1-3H3. The first-order valence-corrected chi connectivity index (χ1v) is 9.60. The van der Waals surface area contributed by atoms with Gasteiger partial charge in [0.2, 0.25) is 0 Å². The average Bonchev–Trinajstić information content (AvgIpc) is 2.48. The largest absolute Gasteiger partial charge is 0.468 e. The lowest BCUT2D eigenvalue weighted by Crippen LogP contribution is -2.45. The monoisotopic (exact) mass is 337 g/mol.